The highest BCUT2D eigenvalue weighted by atomic mass is 32.2. The first kappa shape index (κ1) is 10.6. The third-order valence-corrected chi connectivity index (χ3v) is 3.32. The van der Waals surface area contributed by atoms with Crippen LogP contribution in [-0.2, 0) is 11.3 Å². The zero-order valence-corrected chi connectivity index (χ0v) is 9.18. The molecule has 1 aromatic heterocycles. The molecule has 1 aliphatic heterocycles. The van der Waals surface area contributed by atoms with Crippen molar-refractivity contribution in [3.8, 4) is 0 Å². The van der Waals surface area contributed by atoms with Crippen LogP contribution < -0.4 is 10.6 Å². The van der Waals surface area contributed by atoms with Gasteiger partial charge in [0.25, 0.3) is 0 Å². The minimum atomic E-state index is -0.0567. The van der Waals surface area contributed by atoms with E-state index in [1.807, 2.05) is 23.9 Å². The summed E-state index contributed by atoms with van der Waals surface area (Å²) in [6, 6.07) is 3.61. The molecule has 0 aromatic carbocycles. The molecule has 0 bridgehead atoms. The molecule has 1 fully saturated rings. The van der Waals surface area contributed by atoms with Crippen molar-refractivity contribution < 1.29 is 9.21 Å². The Kier molecular flexibility index (Phi) is 3.69. The number of carbonyl (C=O) groups excluding carboxylic acids is 1. The van der Waals surface area contributed by atoms with E-state index >= 15 is 0 Å². The van der Waals surface area contributed by atoms with Crippen molar-refractivity contribution in [1.29, 1.82) is 0 Å². The van der Waals surface area contributed by atoms with Crippen molar-refractivity contribution in [2.45, 2.75) is 12.6 Å². The predicted molar refractivity (Wildman–Crippen MR) is 59.7 cm³/mol. The maximum atomic E-state index is 11.7. The normalized spacial score (nSPS) is 21.2. The van der Waals surface area contributed by atoms with Crippen LogP contribution in [0.1, 0.15) is 5.76 Å². The van der Waals surface area contributed by atoms with Gasteiger partial charge < -0.3 is 15.1 Å². The number of rotatable bonds is 3. The number of amides is 1. The maximum absolute atomic E-state index is 11.7. The highest BCUT2D eigenvalue weighted by molar-refractivity contribution is 7.99. The van der Waals surface area contributed by atoms with Crippen molar-refractivity contribution in [2.24, 2.45) is 0 Å². The Morgan fingerprint density at radius 3 is 3.33 bits per heavy atom. The van der Waals surface area contributed by atoms with Crippen LogP contribution in [0.25, 0.3) is 0 Å². The van der Waals surface area contributed by atoms with E-state index in [1.54, 1.807) is 6.26 Å². The van der Waals surface area contributed by atoms with Gasteiger partial charge in [-0.3, -0.25) is 4.79 Å². The zero-order valence-electron chi connectivity index (χ0n) is 8.36. The number of thioether (sulfide) groups is 1. The summed E-state index contributed by atoms with van der Waals surface area (Å²) in [5.41, 5.74) is 0. The van der Waals surface area contributed by atoms with Gasteiger partial charge in [-0.1, -0.05) is 0 Å². The number of hydrogen-bond donors (Lipinski definition) is 2. The molecule has 15 heavy (non-hydrogen) atoms. The second kappa shape index (κ2) is 5.23. The van der Waals surface area contributed by atoms with Gasteiger partial charge in [0.1, 0.15) is 5.76 Å². The highest BCUT2D eigenvalue weighted by Gasteiger charge is 2.20. The molecule has 0 radical (unpaired) electrons. The minimum Gasteiger partial charge on any atom is -0.467 e. The van der Waals surface area contributed by atoms with Crippen LogP contribution in [0.4, 0.5) is 0 Å². The van der Waals surface area contributed by atoms with E-state index in [0.717, 1.165) is 23.8 Å². The fourth-order valence-corrected chi connectivity index (χ4v) is 2.38. The second-order valence-electron chi connectivity index (χ2n) is 3.38. The van der Waals surface area contributed by atoms with Crippen LogP contribution in [0.2, 0.25) is 0 Å². The van der Waals surface area contributed by atoms with Crippen molar-refractivity contribution in [3.63, 3.8) is 0 Å². The molecule has 1 unspecified atom stereocenters. The van der Waals surface area contributed by atoms with E-state index < -0.39 is 0 Å². The van der Waals surface area contributed by atoms with Crippen LogP contribution >= 0.6 is 11.8 Å². The number of carbonyl (C=O) groups is 1. The lowest BCUT2D eigenvalue weighted by Crippen LogP contribution is -2.48. The average Bonchev–Trinajstić information content (AvgIpc) is 2.80. The molecule has 5 heteroatoms. The third-order valence-electron chi connectivity index (χ3n) is 2.26. The first-order valence-corrected chi connectivity index (χ1v) is 6.13. The van der Waals surface area contributed by atoms with E-state index in [-0.39, 0.29) is 11.9 Å². The Morgan fingerprint density at radius 2 is 2.67 bits per heavy atom. The van der Waals surface area contributed by atoms with Crippen molar-refractivity contribution in [3.05, 3.63) is 24.2 Å². The van der Waals surface area contributed by atoms with Gasteiger partial charge in [0, 0.05) is 18.1 Å². The van der Waals surface area contributed by atoms with E-state index in [0.29, 0.717) is 6.54 Å². The van der Waals surface area contributed by atoms with Crippen LogP contribution in [0.15, 0.2) is 22.8 Å². The minimum absolute atomic E-state index is 0.0543. The molecule has 0 aliphatic carbocycles. The van der Waals surface area contributed by atoms with Gasteiger partial charge in [0.15, 0.2) is 0 Å². The summed E-state index contributed by atoms with van der Waals surface area (Å²) in [5.74, 6) is 2.77. The zero-order chi connectivity index (χ0) is 10.5. The molecule has 2 N–H and O–H groups in total. The summed E-state index contributed by atoms with van der Waals surface area (Å²) in [5, 5.41) is 6.03. The Hall–Kier alpha value is -0.940. The largest absolute Gasteiger partial charge is 0.467 e. The topological polar surface area (TPSA) is 54.3 Å². The van der Waals surface area contributed by atoms with Crippen LogP contribution in [0.5, 0.6) is 0 Å². The number of furan rings is 1. The first-order valence-electron chi connectivity index (χ1n) is 4.97. The molecule has 2 heterocycles. The van der Waals surface area contributed by atoms with Crippen LogP contribution in [0, 0.1) is 0 Å². The van der Waals surface area contributed by atoms with Crippen LogP contribution in [0.3, 0.4) is 0 Å². The van der Waals surface area contributed by atoms with Gasteiger partial charge in [-0.15, -0.1) is 0 Å². The molecule has 1 aliphatic rings. The molecule has 82 valence electrons. The third kappa shape index (κ3) is 3.00. The lowest BCUT2D eigenvalue weighted by molar-refractivity contribution is -0.122. The predicted octanol–water partition coefficient (Wildman–Crippen LogP) is 0.601. The molecule has 2 rings (SSSR count). The second-order valence-corrected chi connectivity index (χ2v) is 4.53. The number of nitrogens with one attached hydrogen (secondary N) is 2. The Labute approximate surface area is 92.8 Å². The van der Waals surface area contributed by atoms with Gasteiger partial charge >= 0.3 is 0 Å². The fourth-order valence-electron chi connectivity index (χ4n) is 1.44. The highest BCUT2D eigenvalue weighted by Crippen LogP contribution is 2.07. The van der Waals surface area contributed by atoms with Gasteiger partial charge in [-0.05, 0) is 12.1 Å². The first-order chi connectivity index (χ1) is 7.36. The maximum Gasteiger partial charge on any atom is 0.238 e. The standard InChI is InChI=1S/C10H14N2O2S/c13-10(9-7-15-5-3-11-9)12-6-8-2-1-4-14-8/h1-2,4,9,11H,3,5-7H2,(H,12,13). The van der Waals surface area contributed by atoms with Gasteiger partial charge in [0.05, 0.1) is 18.8 Å². The van der Waals surface area contributed by atoms with E-state index in [2.05, 4.69) is 10.6 Å². The van der Waals surface area contributed by atoms with Gasteiger partial charge in [-0.25, -0.2) is 0 Å². The Balaban J connectivity index is 1.76. The molecular weight excluding hydrogens is 212 g/mol. The molecule has 1 saturated heterocycles. The lowest BCUT2D eigenvalue weighted by atomic mass is 10.3. The molecule has 1 amide bonds. The lowest BCUT2D eigenvalue weighted by Gasteiger charge is -2.21. The summed E-state index contributed by atoms with van der Waals surface area (Å²) in [6.45, 7) is 1.37. The summed E-state index contributed by atoms with van der Waals surface area (Å²) in [7, 11) is 0. The smallest absolute Gasteiger partial charge is 0.238 e. The van der Waals surface area contributed by atoms with Crippen LogP contribution in [-0.4, -0.2) is 30.0 Å². The summed E-state index contributed by atoms with van der Waals surface area (Å²) < 4.78 is 5.13. The summed E-state index contributed by atoms with van der Waals surface area (Å²) in [4.78, 5) is 11.7. The molecular formula is C10H14N2O2S. The Bertz CT molecular complexity index is 307. The number of hydrogen-bond acceptors (Lipinski definition) is 4. The molecule has 0 spiro atoms. The SMILES string of the molecule is O=C(NCc1ccco1)C1CSCCN1. The summed E-state index contributed by atoms with van der Waals surface area (Å²) in [6.07, 6.45) is 1.61. The average molecular weight is 226 g/mol. The Morgan fingerprint density at radius 1 is 1.73 bits per heavy atom. The molecule has 1 atom stereocenters. The van der Waals surface area contributed by atoms with Crippen molar-refractivity contribution in [2.75, 3.05) is 18.1 Å². The van der Waals surface area contributed by atoms with Crippen molar-refractivity contribution >= 4 is 17.7 Å². The molecule has 4 nitrogen and oxygen atoms in total. The van der Waals surface area contributed by atoms with Gasteiger partial charge in [0.2, 0.25) is 5.91 Å². The van der Waals surface area contributed by atoms with Crippen molar-refractivity contribution in [1.82, 2.24) is 10.6 Å². The molecule has 0 saturated carbocycles. The van der Waals surface area contributed by atoms with E-state index in [1.165, 1.54) is 0 Å². The monoisotopic (exact) mass is 226 g/mol. The van der Waals surface area contributed by atoms with E-state index in [9.17, 15) is 4.79 Å². The fraction of sp³-hybridized carbons (Fsp3) is 0.500. The molecule has 1 aromatic rings. The van der Waals surface area contributed by atoms with Gasteiger partial charge in [-0.2, -0.15) is 11.8 Å². The summed E-state index contributed by atoms with van der Waals surface area (Å²) >= 11 is 1.81. The quantitative estimate of drug-likeness (QED) is 0.792. The van der Waals surface area contributed by atoms with E-state index in [4.69, 9.17) is 4.42 Å².